The van der Waals surface area contributed by atoms with E-state index in [4.69, 9.17) is 4.74 Å². The number of aromatic nitrogens is 1. The van der Waals surface area contributed by atoms with Crippen LogP contribution >= 0.6 is 0 Å². The van der Waals surface area contributed by atoms with Crippen molar-refractivity contribution in [3.63, 3.8) is 0 Å². The second-order valence-electron chi connectivity index (χ2n) is 6.69. The molecule has 5 nitrogen and oxygen atoms in total. The summed E-state index contributed by atoms with van der Waals surface area (Å²) < 4.78 is 34.6. The molecule has 1 aliphatic heterocycles. The van der Waals surface area contributed by atoms with Crippen molar-refractivity contribution in [3.8, 4) is 5.75 Å². The van der Waals surface area contributed by atoms with Gasteiger partial charge in [-0.25, -0.2) is 8.42 Å². The van der Waals surface area contributed by atoms with Crippen LogP contribution in [0.2, 0.25) is 0 Å². The van der Waals surface area contributed by atoms with E-state index < -0.39 is 10.0 Å². The Bertz CT molecular complexity index is 1110. The van der Waals surface area contributed by atoms with Gasteiger partial charge >= 0.3 is 0 Å². The summed E-state index contributed by atoms with van der Waals surface area (Å²) in [4.78, 5) is 0.297. The molecule has 140 valence electrons. The van der Waals surface area contributed by atoms with Crippen molar-refractivity contribution in [2.75, 3.05) is 20.2 Å². The molecule has 6 heteroatoms. The lowest BCUT2D eigenvalue weighted by Crippen LogP contribution is -2.34. The lowest BCUT2D eigenvalue weighted by molar-refractivity contribution is 0.414. The summed E-state index contributed by atoms with van der Waals surface area (Å²) in [5.74, 6) is 0.644. The number of aryl methyl sites for hydroxylation is 1. The fourth-order valence-electron chi connectivity index (χ4n) is 3.61. The van der Waals surface area contributed by atoms with Gasteiger partial charge in [0.25, 0.3) is 0 Å². The number of ether oxygens (including phenoxy) is 1. The van der Waals surface area contributed by atoms with Crippen LogP contribution in [0.1, 0.15) is 12.0 Å². The first-order chi connectivity index (χ1) is 13.0. The Morgan fingerprint density at radius 1 is 1.04 bits per heavy atom. The summed E-state index contributed by atoms with van der Waals surface area (Å²) in [6, 6.07) is 14.8. The van der Waals surface area contributed by atoms with E-state index in [0.29, 0.717) is 30.2 Å². The highest BCUT2D eigenvalue weighted by Gasteiger charge is 2.27. The largest absolute Gasteiger partial charge is 0.497 e. The van der Waals surface area contributed by atoms with Crippen LogP contribution in [0.15, 0.2) is 65.7 Å². The fraction of sp³-hybridized carbons (Fsp3) is 0.238. The Morgan fingerprint density at radius 3 is 2.44 bits per heavy atom. The molecule has 0 amide bonds. The van der Waals surface area contributed by atoms with E-state index in [1.165, 1.54) is 26.3 Å². The maximum Gasteiger partial charge on any atom is 0.243 e. The molecule has 2 aromatic carbocycles. The van der Waals surface area contributed by atoms with Crippen molar-refractivity contribution in [1.29, 1.82) is 0 Å². The van der Waals surface area contributed by atoms with Crippen LogP contribution in [0.5, 0.6) is 5.75 Å². The van der Waals surface area contributed by atoms with Crippen LogP contribution in [0, 0.1) is 0 Å². The highest BCUT2D eigenvalue weighted by Crippen LogP contribution is 2.32. The maximum absolute atomic E-state index is 12.9. The van der Waals surface area contributed by atoms with Crippen molar-refractivity contribution >= 4 is 26.5 Å². The number of sulfonamides is 1. The van der Waals surface area contributed by atoms with Gasteiger partial charge in [0.1, 0.15) is 5.75 Å². The van der Waals surface area contributed by atoms with Crippen molar-refractivity contribution in [3.05, 3.63) is 66.4 Å². The Kier molecular flexibility index (Phi) is 4.53. The molecule has 1 aromatic heterocycles. The molecule has 3 aromatic rings. The monoisotopic (exact) mass is 382 g/mol. The van der Waals surface area contributed by atoms with Gasteiger partial charge in [0.05, 0.1) is 12.0 Å². The molecule has 0 fully saturated rings. The van der Waals surface area contributed by atoms with Crippen LogP contribution in [0.25, 0.3) is 16.5 Å². The van der Waals surface area contributed by atoms with Gasteiger partial charge < -0.3 is 9.30 Å². The van der Waals surface area contributed by atoms with Gasteiger partial charge in [0, 0.05) is 42.8 Å². The number of methoxy groups -OCH3 is 1. The maximum atomic E-state index is 12.9. The molecule has 0 spiro atoms. The van der Waals surface area contributed by atoms with E-state index in [1.54, 1.807) is 31.4 Å². The number of hydrogen-bond acceptors (Lipinski definition) is 3. The lowest BCUT2D eigenvalue weighted by Gasteiger charge is -2.26. The molecular weight excluding hydrogens is 360 g/mol. The molecule has 27 heavy (non-hydrogen) atoms. The Balaban J connectivity index is 1.60. The van der Waals surface area contributed by atoms with E-state index >= 15 is 0 Å². The molecule has 4 rings (SSSR count). The SMILES string of the molecule is COc1ccc(S(=O)(=O)N2CC=C(c3cn(C)c4ccccc34)CC2)cc1. The minimum absolute atomic E-state index is 0.297. The van der Waals surface area contributed by atoms with E-state index in [2.05, 4.69) is 22.9 Å². The zero-order chi connectivity index (χ0) is 19.0. The summed E-state index contributed by atoms with van der Waals surface area (Å²) in [5, 5.41) is 1.21. The predicted octanol–water partition coefficient (Wildman–Crippen LogP) is 3.66. The molecule has 0 bridgehead atoms. The van der Waals surface area contributed by atoms with Gasteiger partial charge in [-0.1, -0.05) is 24.3 Å². The van der Waals surface area contributed by atoms with Crippen LogP contribution < -0.4 is 4.74 Å². The minimum atomic E-state index is -3.50. The van der Waals surface area contributed by atoms with Gasteiger partial charge in [-0.2, -0.15) is 4.31 Å². The van der Waals surface area contributed by atoms with E-state index in [-0.39, 0.29) is 0 Å². The molecule has 0 aliphatic carbocycles. The lowest BCUT2D eigenvalue weighted by atomic mass is 10.00. The summed E-state index contributed by atoms with van der Waals surface area (Å²) in [6.45, 7) is 0.857. The van der Waals surface area contributed by atoms with Crippen LogP contribution in [-0.2, 0) is 17.1 Å². The fourth-order valence-corrected chi connectivity index (χ4v) is 4.99. The summed E-state index contributed by atoms with van der Waals surface area (Å²) in [6.07, 6.45) is 4.86. The average Bonchev–Trinajstić information content (AvgIpc) is 3.05. The quantitative estimate of drug-likeness (QED) is 0.692. The average molecular weight is 382 g/mol. The normalized spacial score (nSPS) is 15.7. The van der Waals surface area contributed by atoms with Crippen molar-refractivity contribution in [2.45, 2.75) is 11.3 Å². The summed E-state index contributed by atoms with van der Waals surface area (Å²) in [5.41, 5.74) is 3.57. The zero-order valence-electron chi connectivity index (χ0n) is 15.4. The van der Waals surface area contributed by atoms with Crippen LogP contribution in [0.4, 0.5) is 0 Å². The van der Waals surface area contributed by atoms with Gasteiger partial charge in [-0.3, -0.25) is 0 Å². The number of para-hydroxylation sites is 1. The number of fused-ring (bicyclic) bond motifs is 1. The molecule has 0 N–H and O–H groups in total. The molecular formula is C21H22N2O3S. The number of benzene rings is 2. The van der Waals surface area contributed by atoms with Gasteiger partial charge in [0.2, 0.25) is 10.0 Å². The van der Waals surface area contributed by atoms with E-state index in [9.17, 15) is 8.42 Å². The van der Waals surface area contributed by atoms with Crippen LogP contribution in [0.3, 0.4) is 0 Å². The Morgan fingerprint density at radius 2 is 1.78 bits per heavy atom. The highest BCUT2D eigenvalue weighted by molar-refractivity contribution is 7.89. The summed E-state index contributed by atoms with van der Waals surface area (Å²) in [7, 11) is 0.0987. The first kappa shape index (κ1) is 17.8. The molecule has 0 radical (unpaired) electrons. The molecule has 0 saturated heterocycles. The Labute approximate surface area is 159 Å². The number of hydrogen-bond donors (Lipinski definition) is 0. The smallest absolute Gasteiger partial charge is 0.243 e. The number of rotatable bonds is 4. The van der Waals surface area contributed by atoms with Gasteiger partial charge in [-0.15, -0.1) is 0 Å². The third-order valence-corrected chi connectivity index (χ3v) is 6.99. The number of nitrogens with zero attached hydrogens (tertiary/aromatic N) is 2. The third kappa shape index (κ3) is 3.15. The molecule has 0 saturated carbocycles. The second-order valence-corrected chi connectivity index (χ2v) is 8.63. The van der Waals surface area contributed by atoms with Crippen LogP contribution in [-0.4, -0.2) is 37.5 Å². The van der Waals surface area contributed by atoms with Gasteiger partial charge in [-0.05, 0) is 42.3 Å². The predicted molar refractivity (Wildman–Crippen MR) is 107 cm³/mol. The second kappa shape index (κ2) is 6.87. The highest BCUT2D eigenvalue weighted by atomic mass is 32.2. The summed E-state index contributed by atoms with van der Waals surface area (Å²) >= 11 is 0. The first-order valence-corrected chi connectivity index (χ1v) is 10.3. The minimum Gasteiger partial charge on any atom is -0.497 e. The van der Waals surface area contributed by atoms with Crippen molar-refractivity contribution in [1.82, 2.24) is 8.87 Å². The third-order valence-electron chi connectivity index (χ3n) is 5.11. The molecule has 0 atom stereocenters. The van der Waals surface area contributed by atoms with E-state index in [0.717, 1.165) is 0 Å². The standard InChI is InChI=1S/C21H22N2O3S/c1-22-15-20(19-5-3-4-6-21(19)22)16-11-13-23(14-12-16)27(24,25)18-9-7-17(26-2)8-10-18/h3-11,15H,12-14H2,1-2H3. The zero-order valence-corrected chi connectivity index (χ0v) is 16.2. The van der Waals surface area contributed by atoms with Crippen molar-refractivity contribution < 1.29 is 13.2 Å². The topological polar surface area (TPSA) is 51.5 Å². The Hall–Kier alpha value is -2.57. The van der Waals surface area contributed by atoms with Gasteiger partial charge in [0.15, 0.2) is 0 Å². The molecule has 1 aliphatic rings. The van der Waals surface area contributed by atoms with Crippen molar-refractivity contribution in [2.24, 2.45) is 7.05 Å². The molecule has 0 unspecified atom stereocenters. The first-order valence-electron chi connectivity index (χ1n) is 8.88. The van der Waals surface area contributed by atoms with E-state index in [1.807, 2.05) is 25.3 Å². The molecule has 2 heterocycles.